The molecule has 0 spiro atoms. The van der Waals surface area contributed by atoms with Crippen LogP contribution in [0.1, 0.15) is 30.0 Å². The number of rotatable bonds is 4. The van der Waals surface area contributed by atoms with E-state index in [0.717, 1.165) is 54.4 Å². The third-order valence-electron chi connectivity index (χ3n) is 5.71. The Balaban J connectivity index is 1.41. The summed E-state index contributed by atoms with van der Waals surface area (Å²) in [7, 11) is 0. The van der Waals surface area contributed by atoms with Gasteiger partial charge in [0, 0.05) is 41.2 Å². The van der Waals surface area contributed by atoms with Crippen LogP contribution in [-0.2, 0) is 6.54 Å². The fourth-order valence-electron chi connectivity index (χ4n) is 4.25. The second-order valence-electron chi connectivity index (χ2n) is 7.44. The van der Waals surface area contributed by atoms with Crippen molar-refractivity contribution in [1.29, 1.82) is 0 Å². The number of benzene rings is 1. The molecular weight excluding hydrogens is 370 g/mol. The minimum absolute atomic E-state index is 0.564. The topological polar surface area (TPSA) is 49.7 Å². The zero-order valence-corrected chi connectivity index (χ0v) is 16.3. The molecule has 1 saturated heterocycles. The fraction of sp³-hybridized carbons (Fsp3) is 0.273. The molecule has 0 saturated carbocycles. The summed E-state index contributed by atoms with van der Waals surface area (Å²) in [5.41, 5.74) is 4.80. The van der Waals surface area contributed by atoms with E-state index < -0.39 is 0 Å². The number of H-pyrrole nitrogens is 1. The van der Waals surface area contributed by atoms with Crippen molar-refractivity contribution in [3.8, 4) is 5.69 Å². The van der Waals surface area contributed by atoms with Crippen LogP contribution in [0.2, 0.25) is 5.02 Å². The van der Waals surface area contributed by atoms with Gasteiger partial charge in [-0.05, 0) is 73.8 Å². The summed E-state index contributed by atoms with van der Waals surface area (Å²) in [6, 6.07) is 12.2. The van der Waals surface area contributed by atoms with E-state index >= 15 is 0 Å². The maximum absolute atomic E-state index is 6.08. The number of halogens is 1. The third kappa shape index (κ3) is 3.32. The Morgan fingerprint density at radius 1 is 1.07 bits per heavy atom. The molecule has 0 atom stereocenters. The summed E-state index contributed by atoms with van der Waals surface area (Å²) in [6.45, 7) is 3.11. The van der Waals surface area contributed by atoms with Gasteiger partial charge in [-0.1, -0.05) is 11.6 Å². The third-order valence-corrected chi connectivity index (χ3v) is 5.97. The van der Waals surface area contributed by atoms with Crippen LogP contribution < -0.4 is 0 Å². The Morgan fingerprint density at radius 3 is 2.64 bits per heavy atom. The lowest BCUT2D eigenvalue weighted by molar-refractivity contribution is 0.203. The van der Waals surface area contributed by atoms with Gasteiger partial charge in [-0.3, -0.25) is 15.0 Å². The van der Waals surface area contributed by atoms with Gasteiger partial charge in [-0.2, -0.15) is 5.10 Å². The van der Waals surface area contributed by atoms with Crippen LogP contribution in [0.3, 0.4) is 0 Å². The van der Waals surface area contributed by atoms with Crippen molar-refractivity contribution < 1.29 is 0 Å². The van der Waals surface area contributed by atoms with Crippen LogP contribution in [-0.4, -0.2) is 37.7 Å². The Hall–Kier alpha value is -2.63. The number of nitrogens with one attached hydrogen (secondary N) is 1. The molecule has 0 radical (unpaired) electrons. The Morgan fingerprint density at radius 2 is 1.89 bits per heavy atom. The lowest BCUT2D eigenvalue weighted by Gasteiger charge is -2.31. The van der Waals surface area contributed by atoms with E-state index in [-0.39, 0.29) is 0 Å². The van der Waals surface area contributed by atoms with Crippen LogP contribution >= 0.6 is 11.6 Å². The highest BCUT2D eigenvalue weighted by Gasteiger charge is 2.24. The SMILES string of the molecule is Clc1ccc(-n2cc(C3CCN(Cc4cc[nH]n4)CC3)c3ccncc32)cc1. The van der Waals surface area contributed by atoms with Crippen LogP contribution in [0.15, 0.2) is 61.2 Å². The first kappa shape index (κ1) is 17.5. The first-order chi connectivity index (χ1) is 13.8. The maximum atomic E-state index is 6.08. The number of hydrogen-bond donors (Lipinski definition) is 1. The highest BCUT2D eigenvalue weighted by molar-refractivity contribution is 6.30. The van der Waals surface area contributed by atoms with Crippen molar-refractivity contribution in [3.05, 3.63) is 77.5 Å². The summed E-state index contributed by atoms with van der Waals surface area (Å²) in [4.78, 5) is 6.86. The van der Waals surface area contributed by atoms with E-state index in [2.05, 4.69) is 55.1 Å². The van der Waals surface area contributed by atoms with Crippen molar-refractivity contribution in [3.63, 3.8) is 0 Å². The predicted octanol–water partition coefficient (Wildman–Crippen LogP) is 4.78. The number of fused-ring (bicyclic) bond motifs is 1. The molecule has 1 N–H and O–H groups in total. The fourth-order valence-corrected chi connectivity index (χ4v) is 4.38. The quantitative estimate of drug-likeness (QED) is 0.544. The molecule has 6 heteroatoms. The molecule has 4 heterocycles. The predicted molar refractivity (Wildman–Crippen MR) is 112 cm³/mol. The van der Waals surface area contributed by atoms with Gasteiger partial charge in [0.1, 0.15) is 0 Å². The molecule has 0 amide bonds. The van der Waals surface area contributed by atoms with Gasteiger partial charge in [0.2, 0.25) is 0 Å². The molecule has 4 aromatic rings. The van der Waals surface area contributed by atoms with Crippen molar-refractivity contribution in [1.82, 2.24) is 24.6 Å². The first-order valence-corrected chi connectivity index (χ1v) is 10.1. The smallest absolute Gasteiger partial charge is 0.0762 e. The van der Waals surface area contributed by atoms with Crippen molar-refractivity contribution in [2.45, 2.75) is 25.3 Å². The molecule has 1 aromatic carbocycles. The number of piperidine rings is 1. The van der Waals surface area contributed by atoms with Crippen molar-refractivity contribution >= 4 is 22.5 Å². The highest BCUT2D eigenvalue weighted by Crippen LogP contribution is 2.35. The highest BCUT2D eigenvalue weighted by atomic mass is 35.5. The molecular formula is C22H22ClN5. The number of nitrogens with zero attached hydrogens (tertiary/aromatic N) is 4. The first-order valence-electron chi connectivity index (χ1n) is 9.70. The van der Waals surface area contributed by atoms with E-state index in [1.54, 1.807) is 0 Å². The standard InChI is InChI=1S/C22H22ClN5/c23-17-1-3-19(4-2-17)28-15-21(20-6-9-24-13-22(20)28)16-7-11-27(12-8-16)14-18-5-10-25-26-18/h1-6,9-10,13,15-16H,7-8,11-12,14H2,(H,25,26). The monoisotopic (exact) mass is 391 g/mol. The van der Waals surface area contributed by atoms with Gasteiger partial charge in [0.05, 0.1) is 17.4 Å². The van der Waals surface area contributed by atoms with E-state index in [4.69, 9.17) is 11.6 Å². The maximum Gasteiger partial charge on any atom is 0.0762 e. The van der Waals surface area contributed by atoms with E-state index in [0.29, 0.717) is 5.92 Å². The Kier molecular flexibility index (Phi) is 4.63. The lowest BCUT2D eigenvalue weighted by Crippen LogP contribution is -2.32. The largest absolute Gasteiger partial charge is 0.315 e. The summed E-state index contributed by atoms with van der Waals surface area (Å²) in [6.07, 6.45) is 10.4. The van der Waals surface area contributed by atoms with E-state index in [1.165, 1.54) is 10.9 Å². The average molecular weight is 392 g/mol. The van der Waals surface area contributed by atoms with E-state index in [1.807, 2.05) is 30.7 Å². The van der Waals surface area contributed by atoms with Gasteiger partial charge >= 0.3 is 0 Å². The van der Waals surface area contributed by atoms with E-state index in [9.17, 15) is 0 Å². The van der Waals surface area contributed by atoms with Crippen LogP contribution in [0.4, 0.5) is 0 Å². The van der Waals surface area contributed by atoms with Crippen molar-refractivity contribution in [2.75, 3.05) is 13.1 Å². The zero-order chi connectivity index (χ0) is 18.9. The number of hydrogen-bond acceptors (Lipinski definition) is 3. The van der Waals surface area contributed by atoms with Crippen LogP contribution in [0.5, 0.6) is 0 Å². The zero-order valence-electron chi connectivity index (χ0n) is 15.6. The minimum Gasteiger partial charge on any atom is -0.315 e. The Bertz CT molecular complexity index is 1060. The molecule has 1 aliphatic rings. The molecule has 3 aromatic heterocycles. The average Bonchev–Trinajstić information content (AvgIpc) is 3.37. The molecule has 0 aliphatic carbocycles. The van der Waals surface area contributed by atoms with Crippen molar-refractivity contribution in [2.24, 2.45) is 0 Å². The van der Waals surface area contributed by atoms with Gasteiger partial charge in [-0.25, -0.2) is 0 Å². The normalized spacial score (nSPS) is 16.0. The second-order valence-corrected chi connectivity index (χ2v) is 7.88. The molecule has 142 valence electrons. The molecule has 1 fully saturated rings. The lowest BCUT2D eigenvalue weighted by atomic mass is 9.89. The summed E-state index contributed by atoms with van der Waals surface area (Å²) in [5.74, 6) is 0.564. The number of aromatic amines is 1. The molecule has 1 aliphatic heterocycles. The van der Waals surface area contributed by atoms with Gasteiger partial charge in [-0.15, -0.1) is 0 Å². The van der Waals surface area contributed by atoms with Gasteiger partial charge in [0.15, 0.2) is 0 Å². The van der Waals surface area contributed by atoms with Crippen LogP contribution in [0, 0.1) is 0 Å². The number of likely N-dealkylation sites (tertiary alicyclic amines) is 1. The molecule has 0 unspecified atom stereocenters. The summed E-state index contributed by atoms with van der Waals surface area (Å²) < 4.78 is 2.24. The molecule has 28 heavy (non-hydrogen) atoms. The Labute approximate surface area is 169 Å². The van der Waals surface area contributed by atoms with Gasteiger partial charge in [0.25, 0.3) is 0 Å². The summed E-state index contributed by atoms with van der Waals surface area (Å²) >= 11 is 6.08. The number of pyridine rings is 1. The van der Waals surface area contributed by atoms with Gasteiger partial charge < -0.3 is 4.57 Å². The molecule has 5 nitrogen and oxygen atoms in total. The number of aromatic nitrogens is 4. The molecule has 5 rings (SSSR count). The summed E-state index contributed by atoms with van der Waals surface area (Å²) in [5, 5.41) is 9.24. The van der Waals surface area contributed by atoms with Crippen LogP contribution in [0.25, 0.3) is 16.6 Å². The molecule has 0 bridgehead atoms. The second kappa shape index (κ2) is 7.41. The minimum atomic E-state index is 0.564.